The van der Waals surface area contributed by atoms with Crippen molar-refractivity contribution < 1.29 is 19.1 Å². The fourth-order valence-corrected chi connectivity index (χ4v) is 3.16. The van der Waals surface area contributed by atoms with Crippen LogP contribution in [0.5, 0.6) is 0 Å². The SMILES string of the molecule is CCOC(=O)c1ccc(NC(=O)NNC(=O)CSCc2ccccc2C)cc1. The Bertz CT molecular complexity index is 824. The first kappa shape index (κ1) is 21.3. The molecular formula is C20H23N3O4S. The monoisotopic (exact) mass is 401 g/mol. The molecule has 0 aliphatic carbocycles. The molecule has 2 aromatic carbocycles. The Morgan fingerprint density at radius 2 is 1.71 bits per heavy atom. The number of hydrazine groups is 1. The highest BCUT2D eigenvalue weighted by Gasteiger charge is 2.08. The predicted octanol–water partition coefficient (Wildman–Crippen LogP) is 3.26. The number of rotatable bonds is 7. The number of carbonyl (C=O) groups excluding carboxylic acids is 3. The van der Waals surface area contributed by atoms with Gasteiger partial charge in [0.1, 0.15) is 0 Å². The summed E-state index contributed by atoms with van der Waals surface area (Å²) in [5.74, 6) is 0.224. The first-order valence-corrected chi connectivity index (χ1v) is 9.90. The average Bonchev–Trinajstić information content (AvgIpc) is 2.68. The van der Waals surface area contributed by atoms with Crippen molar-refractivity contribution in [3.63, 3.8) is 0 Å². The van der Waals surface area contributed by atoms with Crippen molar-refractivity contribution in [1.82, 2.24) is 10.9 Å². The molecule has 0 radical (unpaired) electrons. The maximum Gasteiger partial charge on any atom is 0.338 e. The van der Waals surface area contributed by atoms with Gasteiger partial charge in [-0.3, -0.25) is 10.2 Å². The molecule has 2 rings (SSSR count). The molecule has 0 aliphatic heterocycles. The lowest BCUT2D eigenvalue weighted by atomic mass is 10.1. The molecule has 0 unspecified atom stereocenters. The van der Waals surface area contributed by atoms with Crippen molar-refractivity contribution in [2.75, 3.05) is 17.7 Å². The first-order chi connectivity index (χ1) is 13.5. The van der Waals surface area contributed by atoms with E-state index >= 15 is 0 Å². The van der Waals surface area contributed by atoms with Gasteiger partial charge in [0.15, 0.2) is 0 Å². The molecule has 0 heterocycles. The van der Waals surface area contributed by atoms with Crippen LogP contribution in [0.3, 0.4) is 0 Å². The second-order valence-electron chi connectivity index (χ2n) is 5.84. The fourth-order valence-electron chi connectivity index (χ4n) is 2.25. The zero-order valence-electron chi connectivity index (χ0n) is 15.8. The summed E-state index contributed by atoms with van der Waals surface area (Å²) in [5.41, 5.74) is 7.88. The number of thioether (sulfide) groups is 1. The molecular weight excluding hydrogens is 378 g/mol. The highest BCUT2D eigenvalue weighted by Crippen LogP contribution is 2.15. The van der Waals surface area contributed by atoms with Crippen LogP contribution in [-0.4, -0.2) is 30.3 Å². The summed E-state index contributed by atoms with van der Waals surface area (Å²) in [4.78, 5) is 35.3. The number of urea groups is 1. The molecule has 2 aromatic rings. The normalized spacial score (nSPS) is 10.1. The van der Waals surface area contributed by atoms with Crippen LogP contribution in [-0.2, 0) is 15.3 Å². The number of amides is 3. The van der Waals surface area contributed by atoms with Gasteiger partial charge in [0, 0.05) is 11.4 Å². The van der Waals surface area contributed by atoms with E-state index in [-0.39, 0.29) is 11.7 Å². The average molecular weight is 401 g/mol. The fraction of sp³-hybridized carbons (Fsp3) is 0.250. The minimum Gasteiger partial charge on any atom is -0.462 e. The van der Waals surface area contributed by atoms with E-state index in [1.807, 2.05) is 31.2 Å². The van der Waals surface area contributed by atoms with Crippen LogP contribution in [0.1, 0.15) is 28.4 Å². The Hall–Kier alpha value is -3.00. The van der Waals surface area contributed by atoms with Gasteiger partial charge in [0.2, 0.25) is 5.91 Å². The van der Waals surface area contributed by atoms with Crippen molar-refractivity contribution in [2.24, 2.45) is 0 Å². The third kappa shape index (κ3) is 6.96. The van der Waals surface area contributed by atoms with E-state index in [4.69, 9.17) is 4.74 Å². The molecule has 0 aliphatic rings. The summed E-state index contributed by atoms with van der Waals surface area (Å²) in [6.07, 6.45) is 0. The van der Waals surface area contributed by atoms with Gasteiger partial charge in [-0.25, -0.2) is 15.0 Å². The Kier molecular flexibility index (Phi) is 8.36. The number of nitrogens with one attached hydrogen (secondary N) is 3. The summed E-state index contributed by atoms with van der Waals surface area (Å²) in [7, 11) is 0. The molecule has 3 N–H and O–H groups in total. The second-order valence-corrected chi connectivity index (χ2v) is 6.83. The lowest BCUT2D eigenvalue weighted by molar-refractivity contribution is -0.119. The zero-order valence-corrected chi connectivity index (χ0v) is 16.6. The van der Waals surface area contributed by atoms with E-state index in [9.17, 15) is 14.4 Å². The molecule has 0 aromatic heterocycles. The summed E-state index contributed by atoms with van der Waals surface area (Å²) < 4.78 is 4.89. The van der Waals surface area contributed by atoms with Crippen molar-refractivity contribution in [3.8, 4) is 0 Å². The van der Waals surface area contributed by atoms with Crippen LogP contribution < -0.4 is 16.2 Å². The third-order valence-electron chi connectivity index (χ3n) is 3.72. The standard InChI is InChI=1S/C20H23N3O4S/c1-3-27-19(25)15-8-10-17(11-9-15)21-20(26)23-22-18(24)13-28-12-16-7-5-4-6-14(16)2/h4-11H,3,12-13H2,1-2H3,(H,22,24)(H2,21,23,26). The van der Waals surface area contributed by atoms with Gasteiger partial charge in [-0.15, -0.1) is 11.8 Å². The lowest BCUT2D eigenvalue weighted by Gasteiger charge is -2.10. The number of ether oxygens (including phenoxy) is 1. The van der Waals surface area contributed by atoms with E-state index in [2.05, 4.69) is 16.2 Å². The van der Waals surface area contributed by atoms with Crippen molar-refractivity contribution in [1.29, 1.82) is 0 Å². The Morgan fingerprint density at radius 1 is 1.00 bits per heavy atom. The summed E-state index contributed by atoms with van der Waals surface area (Å²) in [6.45, 7) is 4.05. The minimum atomic E-state index is -0.582. The number of benzene rings is 2. The molecule has 0 saturated carbocycles. The smallest absolute Gasteiger partial charge is 0.338 e. The topological polar surface area (TPSA) is 96.5 Å². The van der Waals surface area contributed by atoms with E-state index in [0.717, 1.165) is 5.75 Å². The van der Waals surface area contributed by atoms with Gasteiger partial charge in [0.25, 0.3) is 0 Å². The van der Waals surface area contributed by atoms with Gasteiger partial charge in [-0.05, 0) is 49.2 Å². The molecule has 0 fully saturated rings. The van der Waals surface area contributed by atoms with Crippen LogP contribution in [0.4, 0.5) is 10.5 Å². The Labute approximate surface area is 168 Å². The van der Waals surface area contributed by atoms with E-state index < -0.39 is 12.0 Å². The summed E-state index contributed by atoms with van der Waals surface area (Å²) >= 11 is 1.46. The predicted molar refractivity (Wildman–Crippen MR) is 110 cm³/mol. The van der Waals surface area contributed by atoms with Gasteiger partial charge >= 0.3 is 12.0 Å². The molecule has 7 nitrogen and oxygen atoms in total. The maximum absolute atomic E-state index is 11.8. The van der Waals surface area contributed by atoms with Crippen molar-refractivity contribution in [3.05, 3.63) is 65.2 Å². The Balaban J connectivity index is 1.69. The molecule has 8 heteroatoms. The third-order valence-corrected chi connectivity index (χ3v) is 4.70. The quantitative estimate of drug-likeness (QED) is 0.489. The summed E-state index contributed by atoms with van der Waals surface area (Å²) in [5, 5.41) is 2.56. The van der Waals surface area contributed by atoms with Crippen LogP contribution >= 0.6 is 11.8 Å². The number of hydrogen-bond donors (Lipinski definition) is 3. The van der Waals surface area contributed by atoms with Crippen molar-refractivity contribution >= 4 is 35.4 Å². The van der Waals surface area contributed by atoms with E-state index in [1.165, 1.54) is 22.9 Å². The molecule has 0 atom stereocenters. The highest BCUT2D eigenvalue weighted by atomic mass is 32.2. The maximum atomic E-state index is 11.8. The minimum absolute atomic E-state index is 0.225. The first-order valence-electron chi connectivity index (χ1n) is 8.75. The highest BCUT2D eigenvalue weighted by molar-refractivity contribution is 7.99. The van der Waals surface area contributed by atoms with E-state index in [0.29, 0.717) is 17.9 Å². The van der Waals surface area contributed by atoms with Gasteiger partial charge in [-0.2, -0.15) is 0 Å². The molecule has 0 spiro atoms. The molecule has 0 saturated heterocycles. The van der Waals surface area contributed by atoms with Gasteiger partial charge < -0.3 is 10.1 Å². The summed E-state index contributed by atoms with van der Waals surface area (Å²) in [6, 6.07) is 13.7. The van der Waals surface area contributed by atoms with Gasteiger partial charge in [-0.1, -0.05) is 24.3 Å². The van der Waals surface area contributed by atoms with Crippen LogP contribution in [0.2, 0.25) is 0 Å². The molecule has 148 valence electrons. The largest absolute Gasteiger partial charge is 0.462 e. The molecule has 3 amide bonds. The number of esters is 1. The molecule has 0 bridgehead atoms. The number of aryl methyl sites for hydroxylation is 1. The number of hydrogen-bond acceptors (Lipinski definition) is 5. The van der Waals surface area contributed by atoms with Crippen LogP contribution in [0.15, 0.2) is 48.5 Å². The number of anilines is 1. The van der Waals surface area contributed by atoms with Crippen molar-refractivity contribution in [2.45, 2.75) is 19.6 Å². The lowest BCUT2D eigenvalue weighted by Crippen LogP contribution is -2.44. The van der Waals surface area contributed by atoms with Crippen LogP contribution in [0, 0.1) is 6.92 Å². The second kappa shape index (κ2) is 11.0. The van der Waals surface area contributed by atoms with E-state index in [1.54, 1.807) is 31.2 Å². The van der Waals surface area contributed by atoms with Gasteiger partial charge in [0.05, 0.1) is 17.9 Å². The Morgan fingerprint density at radius 3 is 2.39 bits per heavy atom. The van der Waals surface area contributed by atoms with Crippen LogP contribution in [0.25, 0.3) is 0 Å². The number of carbonyl (C=O) groups is 3. The zero-order chi connectivity index (χ0) is 20.4. The molecule has 28 heavy (non-hydrogen) atoms.